The molecular weight excluding hydrogens is 757 g/mol. The van der Waals surface area contributed by atoms with Crippen molar-refractivity contribution in [3.63, 3.8) is 0 Å². The lowest BCUT2D eigenvalue weighted by molar-refractivity contribution is -0.167. The third kappa shape index (κ3) is 47.7. The van der Waals surface area contributed by atoms with Gasteiger partial charge in [0, 0.05) is 19.3 Å². The number of allylic oxidation sites excluding steroid dienone is 12. The number of unbranched alkanes of at least 4 members (excludes halogenated alkanes) is 22. The predicted octanol–water partition coefficient (Wildman–Crippen LogP) is 16.6. The summed E-state index contributed by atoms with van der Waals surface area (Å²) in [4.78, 5) is 37.9. The Balaban J connectivity index is 4.42. The van der Waals surface area contributed by atoms with Gasteiger partial charge in [-0.15, -0.1) is 0 Å². The van der Waals surface area contributed by atoms with Crippen LogP contribution in [0.4, 0.5) is 0 Å². The number of ether oxygens (including phenoxy) is 3. The van der Waals surface area contributed by atoms with Crippen molar-refractivity contribution in [1.29, 1.82) is 0 Å². The maximum Gasteiger partial charge on any atom is 0.306 e. The molecule has 6 heteroatoms. The van der Waals surface area contributed by atoms with Crippen molar-refractivity contribution in [2.75, 3.05) is 13.2 Å². The molecule has 1 atom stereocenters. The maximum absolute atomic E-state index is 12.8. The Labute approximate surface area is 376 Å². The Morgan fingerprint density at radius 2 is 0.639 bits per heavy atom. The van der Waals surface area contributed by atoms with E-state index in [2.05, 4.69) is 93.7 Å². The molecular formula is C55H94O6. The van der Waals surface area contributed by atoms with E-state index in [-0.39, 0.29) is 31.1 Å². The molecule has 350 valence electrons. The van der Waals surface area contributed by atoms with Crippen molar-refractivity contribution >= 4 is 17.9 Å². The summed E-state index contributed by atoms with van der Waals surface area (Å²) in [5.74, 6) is -0.927. The number of hydrogen-bond acceptors (Lipinski definition) is 6. The molecule has 0 saturated carbocycles. The summed E-state index contributed by atoms with van der Waals surface area (Å²) in [7, 11) is 0. The zero-order chi connectivity index (χ0) is 44.4. The van der Waals surface area contributed by atoms with Crippen LogP contribution >= 0.6 is 0 Å². The molecule has 0 aromatic heterocycles. The number of carbonyl (C=O) groups is 3. The van der Waals surface area contributed by atoms with Gasteiger partial charge in [-0.3, -0.25) is 14.4 Å². The molecule has 61 heavy (non-hydrogen) atoms. The first-order valence-corrected chi connectivity index (χ1v) is 25.4. The molecule has 0 N–H and O–H groups in total. The second-order valence-electron chi connectivity index (χ2n) is 16.7. The quantitative estimate of drug-likeness (QED) is 0.0263. The van der Waals surface area contributed by atoms with Crippen LogP contribution in [0.2, 0.25) is 0 Å². The first-order chi connectivity index (χ1) is 30.0. The zero-order valence-corrected chi connectivity index (χ0v) is 39.9. The van der Waals surface area contributed by atoms with Gasteiger partial charge in [0.2, 0.25) is 0 Å². The van der Waals surface area contributed by atoms with E-state index in [0.29, 0.717) is 19.3 Å². The number of carbonyl (C=O) groups excluding carboxylic acids is 3. The average Bonchev–Trinajstić information content (AvgIpc) is 3.26. The van der Waals surface area contributed by atoms with E-state index in [4.69, 9.17) is 14.2 Å². The smallest absolute Gasteiger partial charge is 0.306 e. The van der Waals surface area contributed by atoms with Crippen LogP contribution in [0.5, 0.6) is 0 Å². The molecule has 0 saturated heterocycles. The van der Waals surface area contributed by atoms with Crippen molar-refractivity contribution in [1.82, 2.24) is 0 Å². The SMILES string of the molecule is CC/C=C\C/C=C\C/C=C\C/C=C\CCCCCCC(=O)OCC(COC(=O)CCCCCCCCCCCC)OC(=O)CCCCCCC/C=C\C/C=C\CCCCCC. The van der Waals surface area contributed by atoms with Gasteiger partial charge in [0.15, 0.2) is 6.10 Å². The van der Waals surface area contributed by atoms with Crippen molar-refractivity contribution < 1.29 is 28.6 Å². The third-order valence-electron chi connectivity index (χ3n) is 10.7. The van der Waals surface area contributed by atoms with Gasteiger partial charge in [0.25, 0.3) is 0 Å². The van der Waals surface area contributed by atoms with Crippen LogP contribution in [0.25, 0.3) is 0 Å². The van der Waals surface area contributed by atoms with Crippen molar-refractivity contribution in [3.05, 3.63) is 72.9 Å². The van der Waals surface area contributed by atoms with E-state index in [1.165, 1.54) is 77.0 Å². The normalized spacial score (nSPS) is 12.6. The molecule has 0 aliphatic heterocycles. The molecule has 0 aliphatic carbocycles. The summed E-state index contributed by atoms with van der Waals surface area (Å²) in [5, 5.41) is 0. The highest BCUT2D eigenvalue weighted by Crippen LogP contribution is 2.14. The fourth-order valence-electron chi connectivity index (χ4n) is 6.87. The summed E-state index contributed by atoms with van der Waals surface area (Å²) in [6.45, 7) is 6.46. The number of esters is 3. The first kappa shape index (κ1) is 57.9. The van der Waals surface area contributed by atoms with E-state index in [0.717, 1.165) is 122 Å². The van der Waals surface area contributed by atoms with E-state index in [1.807, 2.05) is 0 Å². The van der Waals surface area contributed by atoms with E-state index >= 15 is 0 Å². The number of rotatable bonds is 45. The van der Waals surface area contributed by atoms with Crippen LogP contribution < -0.4 is 0 Å². The Morgan fingerprint density at radius 1 is 0.344 bits per heavy atom. The van der Waals surface area contributed by atoms with Crippen LogP contribution in [0.1, 0.15) is 239 Å². The van der Waals surface area contributed by atoms with Crippen LogP contribution in [-0.4, -0.2) is 37.2 Å². The second-order valence-corrected chi connectivity index (χ2v) is 16.7. The average molecular weight is 851 g/mol. The summed E-state index contributed by atoms with van der Waals surface area (Å²) < 4.78 is 16.7. The van der Waals surface area contributed by atoms with Crippen molar-refractivity contribution in [2.45, 2.75) is 245 Å². The van der Waals surface area contributed by atoms with Gasteiger partial charge in [-0.1, -0.05) is 203 Å². The summed E-state index contributed by atoms with van der Waals surface area (Å²) in [5.41, 5.74) is 0. The molecule has 0 fully saturated rings. The molecule has 0 aliphatic rings. The Kier molecular flexibility index (Phi) is 46.9. The van der Waals surface area contributed by atoms with E-state index < -0.39 is 6.10 Å². The molecule has 1 unspecified atom stereocenters. The predicted molar refractivity (Wildman–Crippen MR) is 261 cm³/mol. The lowest BCUT2D eigenvalue weighted by Crippen LogP contribution is -2.30. The standard InChI is InChI=1S/C55H94O6/c1-4-7-10-13-16-19-22-24-26-28-30-31-33-36-39-42-45-48-54(57)60-51-52(50-59-53(56)47-44-41-38-35-21-18-15-12-9-6-3)61-55(58)49-46-43-40-37-34-32-29-27-25-23-20-17-14-11-8-5-2/h7,10,16,19-20,23-24,26-27,29-31,52H,4-6,8-9,11-15,17-18,21-22,25,28,32-51H2,1-3H3/b10-7-,19-16-,23-20-,26-24-,29-27-,31-30-. The largest absolute Gasteiger partial charge is 0.462 e. The summed E-state index contributed by atoms with van der Waals surface area (Å²) >= 11 is 0. The van der Waals surface area contributed by atoms with Gasteiger partial charge in [-0.25, -0.2) is 0 Å². The highest BCUT2D eigenvalue weighted by molar-refractivity contribution is 5.71. The van der Waals surface area contributed by atoms with Crippen LogP contribution in [0.3, 0.4) is 0 Å². The molecule has 0 radical (unpaired) electrons. The molecule has 0 bridgehead atoms. The van der Waals surface area contributed by atoms with Gasteiger partial charge in [-0.2, -0.15) is 0 Å². The summed E-state index contributed by atoms with van der Waals surface area (Å²) in [6, 6.07) is 0. The topological polar surface area (TPSA) is 78.9 Å². The minimum Gasteiger partial charge on any atom is -0.462 e. The molecule has 0 rings (SSSR count). The maximum atomic E-state index is 12.8. The Bertz CT molecular complexity index is 1160. The van der Waals surface area contributed by atoms with Gasteiger partial charge < -0.3 is 14.2 Å². The van der Waals surface area contributed by atoms with Gasteiger partial charge in [0.1, 0.15) is 13.2 Å². The van der Waals surface area contributed by atoms with Crippen molar-refractivity contribution in [2.24, 2.45) is 0 Å². The summed E-state index contributed by atoms with van der Waals surface area (Å²) in [6.07, 6.45) is 61.7. The van der Waals surface area contributed by atoms with Crippen LogP contribution in [0.15, 0.2) is 72.9 Å². The molecule has 0 amide bonds. The fraction of sp³-hybridized carbons (Fsp3) is 0.727. The van der Waals surface area contributed by atoms with E-state index in [9.17, 15) is 14.4 Å². The molecule has 6 nitrogen and oxygen atoms in total. The minimum absolute atomic E-state index is 0.0881. The molecule has 0 heterocycles. The van der Waals surface area contributed by atoms with Gasteiger partial charge in [0.05, 0.1) is 0 Å². The monoisotopic (exact) mass is 851 g/mol. The lowest BCUT2D eigenvalue weighted by atomic mass is 10.1. The third-order valence-corrected chi connectivity index (χ3v) is 10.7. The second kappa shape index (κ2) is 49.5. The van der Waals surface area contributed by atoms with Crippen molar-refractivity contribution in [3.8, 4) is 0 Å². The highest BCUT2D eigenvalue weighted by Gasteiger charge is 2.19. The number of hydrogen-bond donors (Lipinski definition) is 0. The Morgan fingerprint density at radius 3 is 1.02 bits per heavy atom. The fourth-order valence-corrected chi connectivity index (χ4v) is 6.87. The van der Waals surface area contributed by atoms with E-state index in [1.54, 1.807) is 0 Å². The highest BCUT2D eigenvalue weighted by atomic mass is 16.6. The minimum atomic E-state index is -0.790. The van der Waals surface area contributed by atoms with Gasteiger partial charge in [-0.05, 0) is 89.9 Å². The lowest BCUT2D eigenvalue weighted by Gasteiger charge is -2.18. The Hall–Kier alpha value is -3.15. The first-order valence-electron chi connectivity index (χ1n) is 25.4. The van der Waals surface area contributed by atoms with Crippen LogP contribution in [-0.2, 0) is 28.6 Å². The van der Waals surface area contributed by atoms with Gasteiger partial charge >= 0.3 is 17.9 Å². The molecule has 0 spiro atoms. The molecule has 0 aromatic carbocycles. The molecule has 0 aromatic rings. The van der Waals surface area contributed by atoms with Crippen LogP contribution in [0, 0.1) is 0 Å². The zero-order valence-electron chi connectivity index (χ0n) is 39.9.